The zero-order valence-electron chi connectivity index (χ0n) is 13.8. The van der Waals surface area contributed by atoms with E-state index in [2.05, 4.69) is 11.8 Å². The van der Waals surface area contributed by atoms with Crippen molar-refractivity contribution in [1.29, 1.82) is 0 Å². The van der Waals surface area contributed by atoms with Gasteiger partial charge in [0.2, 0.25) is 0 Å². The van der Waals surface area contributed by atoms with Crippen molar-refractivity contribution in [1.82, 2.24) is 0 Å². The molecule has 7 heteroatoms. The molecule has 0 fully saturated rings. The van der Waals surface area contributed by atoms with Gasteiger partial charge < -0.3 is 19.8 Å². The Hall–Kier alpha value is -2.43. The van der Waals surface area contributed by atoms with Gasteiger partial charge in [-0.2, -0.15) is 0 Å². The number of halogens is 1. The molecule has 0 amide bonds. The van der Waals surface area contributed by atoms with Gasteiger partial charge in [0.1, 0.15) is 5.37 Å². The Labute approximate surface area is 149 Å². The number of anilines is 1. The third-order valence-corrected chi connectivity index (χ3v) is 4.23. The number of methoxy groups -OCH3 is 1. The molecular formula is C18H18FNO4S. The molecule has 1 aromatic carbocycles. The minimum absolute atomic E-state index is 0.124. The molecule has 0 saturated heterocycles. The second-order valence-corrected chi connectivity index (χ2v) is 6.22. The predicted molar refractivity (Wildman–Crippen MR) is 95.7 cm³/mol. The standard InChI is InChI=1S/C18H18FNO4S/c1-12(21)4-3-5-17-20(14(11-25-17)7-9-18(22)23)13-6-8-16(24-2)15(19)10-13/h6-12,17,21H,4H2,1-2H3,(H,22,23)/b9-7+. The molecule has 132 valence electrons. The van der Waals surface area contributed by atoms with E-state index in [1.165, 1.54) is 37.1 Å². The van der Waals surface area contributed by atoms with Crippen LogP contribution in [0.15, 0.2) is 41.5 Å². The number of hydrogen-bond donors (Lipinski definition) is 2. The Bertz CT molecular complexity index is 764. The number of hydrogen-bond acceptors (Lipinski definition) is 5. The lowest BCUT2D eigenvalue weighted by molar-refractivity contribution is -0.131. The molecule has 2 rings (SSSR count). The van der Waals surface area contributed by atoms with Crippen LogP contribution in [-0.4, -0.2) is 34.8 Å². The van der Waals surface area contributed by atoms with Crippen LogP contribution in [0.2, 0.25) is 0 Å². The van der Waals surface area contributed by atoms with Gasteiger partial charge in [-0.15, -0.1) is 0 Å². The minimum Gasteiger partial charge on any atom is -0.494 e. The molecule has 5 nitrogen and oxygen atoms in total. The molecular weight excluding hydrogens is 345 g/mol. The number of thioether (sulfide) groups is 1. The minimum atomic E-state index is -1.07. The number of carboxylic acid groups (broad SMARTS) is 1. The van der Waals surface area contributed by atoms with Crippen LogP contribution in [0.1, 0.15) is 13.3 Å². The number of nitrogens with zero attached hydrogens (tertiary/aromatic N) is 1. The van der Waals surface area contributed by atoms with Gasteiger partial charge in [0.15, 0.2) is 11.6 Å². The first kappa shape index (κ1) is 18.9. The summed E-state index contributed by atoms with van der Waals surface area (Å²) in [6.07, 6.45) is 2.24. The quantitative estimate of drug-likeness (QED) is 0.619. The number of aliphatic hydroxyl groups excluding tert-OH is 1. The van der Waals surface area contributed by atoms with Gasteiger partial charge in [-0.3, -0.25) is 0 Å². The van der Waals surface area contributed by atoms with E-state index in [1.54, 1.807) is 23.3 Å². The van der Waals surface area contributed by atoms with Gasteiger partial charge in [0.25, 0.3) is 0 Å². The van der Waals surface area contributed by atoms with Crippen molar-refractivity contribution in [3.05, 3.63) is 47.3 Å². The van der Waals surface area contributed by atoms with Crippen molar-refractivity contribution in [3.63, 3.8) is 0 Å². The maximum atomic E-state index is 14.1. The van der Waals surface area contributed by atoms with E-state index in [1.807, 2.05) is 0 Å². The van der Waals surface area contributed by atoms with Crippen molar-refractivity contribution in [2.24, 2.45) is 0 Å². The molecule has 2 atom stereocenters. The van der Waals surface area contributed by atoms with Crippen LogP contribution in [0.4, 0.5) is 10.1 Å². The Kier molecular flexibility index (Phi) is 6.51. The van der Waals surface area contributed by atoms with Crippen LogP contribution >= 0.6 is 11.8 Å². The van der Waals surface area contributed by atoms with E-state index >= 15 is 0 Å². The largest absolute Gasteiger partial charge is 0.494 e. The van der Waals surface area contributed by atoms with E-state index in [4.69, 9.17) is 9.84 Å². The zero-order chi connectivity index (χ0) is 18.4. The molecule has 1 heterocycles. The molecule has 0 saturated carbocycles. The van der Waals surface area contributed by atoms with Crippen LogP contribution in [-0.2, 0) is 4.79 Å². The normalized spacial score (nSPS) is 17.8. The first-order valence-electron chi connectivity index (χ1n) is 7.48. The highest BCUT2D eigenvalue weighted by Crippen LogP contribution is 2.37. The van der Waals surface area contributed by atoms with Crippen molar-refractivity contribution in [2.45, 2.75) is 24.8 Å². The first-order chi connectivity index (χ1) is 11.9. The second kappa shape index (κ2) is 8.60. The summed E-state index contributed by atoms with van der Waals surface area (Å²) in [4.78, 5) is 12.5. The number of ether oxygens (including phenoxy) is 1. The molecule has 0 bridgehead atoms. The zero-order valence-corrected chi connectivity index (χ0v) is 14.6. The van der Waals surface area contributed by atoms with E-state index < -0.39 is 17.9 Å². The molecule has 25 heavy (non-hydrogen) atoms. The lowest BCUT2D eigenvalue weighted by Gasteiger charge is -2.25. The second-order valence-electron chi connectivity index (χ2n) is 5.27. The van der Waals surface area contributed by atoms with Crippen LogP contribution < -0.4 is 9.64 Å². The number of allylic oxidation sites excluding steroid dienone is 1. The summed E-state index contributed by atoms with van der Waals surface area (Å²) in [7, 11) is 1.38. The smallest absolute Gasteiger partial charge is 0.328 e. The summed E-state index contributed by atoms with van der Waals surface area (Å²) >= 11 is 1.38. The van der Waals surface area contributed by atoms with Gasteiger partial charge in [0.05, 0.1) is 13.2 Å². The van der Waals surface area contributed by atoms with E-state index in [-0.39, 0.29) is 11.1 Å². The molecule has 0 aliphatic carbocycles. The lowest BCUT2D eigenvalue weighted by Crippen LogP contribution is -2.26. The first-order valence-corrected chi connectivity index (χ1v) is 8.42. The Balaban J connectivity index is 2.35. The van der Waals surface area contributed by atoms with Crippen molar-refractivity contribution in [2.75, 3.05) is 12.0 Å². The molecule has 2 unspecified atom stereocenters. The predicted octanol–water partition coefficient (Wildman–Crippen LogP) is 2.97. The van der Waals surface area contributed by atoms with Crippen molar-refractivity contribution < 1.29 is 24.1 Å². The summed E-state index contributed by atoms with van der Waals surface area (Å²) < 4.78 is 19.0. The fraction of sp³-hybridized carbons (Fsp3) is 0.278. The summed E-state index contributed by atoms with van der Waals surface area (Å²) in [6.45, 7) is 1.65. The topological polar surface area (TPSA) is 70.0 Å². The Morgan fingerprint density at radius 3 is 2.92 bits per heavy atom. The molecule has 0 aromatic heterocycles. The SMILES string of the molecule is COc1ccc(N2C(/C=C/C(=O)O)=CSC2C#CCC(C)O)cc1F. The maximum absolute atomic E-state index is 14.1. The molecule has 0 radical (unpaired) electrons. The number of benzene rings is 1. The van der Waals surface area contributed by atoms with E-state index in [9.17, 15) is 14.3 Å². The average Bonchev–Trinajstić information content (AvgIpc) is 2.95. The maximum Gasteiger partial charge on any atom is 0.328 e. The fourth-order valence-corrected chi connectivity index (χ4v) is 3.12. The Morgan fingerprint density at radius 1 is 1.56 bits per heavy atom. The summed E-state index contributed by atoms with van der Waals surface area (Å²) in [5.41, 5.74) is 1.12. The summed E-state index contributed by atoms with van der Waals surface area (Å²) in [5, 5.41) is 19.6. The van der Waals surface area contributed by atoms with E-state index in [0.717, 1.165) is 6.08 Å². The van der Waals surface area contributed by atoms with Crippen LogP contribution in [0.25, 0.3) is 0 Å². The van der Waals surface area contributed by atoms with Crippen LogP contribution in [0, 0.1) is 17.7 Å². The summed E-state index contributed by atoms with van der Waals surface area (Å²) in [5.74, 6) is 4.44. The molecule has 1 aliphatic rings. The number of aliphatic hydroxyl groups is 1. The number of aliphatic carboxylic acids is 1. The molecule has 2 N–H and O–H groups in total. The van der Waals surface area contributed by atoms with Crippen LogP contribution in [0.5, 0.6) is 5.75 Å². The van der Waals surface area contributed by atoms with Crippen LogP contribution in [0.3, 0.4) is 0 Å². The van der Waals surface area contributed by atoms with Gasteiger partial charge >= 0.3 is 5.97 Å². The third kappa shape index (κ3) is 5.02. The summed E-state index contributed by atoms with van der Waals surface area (Å²) in [6, 6.07) is 4.50. The molecule has 1 aliphatic heterocycles. The number of carbonyl (C=O) groups is 1. The van der Waals surface area contributed by atoms with E-state index in [0.29, 0.717) is 17.8 Å². The Morgan fingerprint density at radius 2 is 2.32 bits per heavy atom. The van der Waals surface area contributed by atoms with Gasteiger partial charge in [-0.1, -0.05) is 23.6 Å². The fourth-order valence-electron chi connectivity index (χ4n) is 2.15. The molecule has 1 aromatic rings. The van der Waals surface area contributed by atoms with Gasteiger partial charge in [-0.25, -0.2) is 9.18 Å². The van der Waals surface area contributed by atoms with Gasteiger partial charge in [-0.05, 0) is 30.5 Å². The highest BCUT2D eigenvalue weighted by Gasteiger charge is 2.26. The van der Waals surface area contributed by atoms with Crippen molar-refractivity contribution >= 4 is 23.4 Å². The van der Waals surface area contributed by atoms with Crippen molar-refractivity contribution in [3.8, 4) is 17.6 Å². The highest BCUT2D eigenvalue weighted by atomic mass is 32.2. The molecule has 0 spiro atoms. The highest BCUT2D eigenvalue weighted by molar-refractivity contribution is 8.03. The monoisotopic (exact) mass is 363 g/mol. The van der Waals surface area contributed by atoms with Gasteiger partial charge in [0, 0.05) is 29.9 Å². The average molecular weight is 363 g/mol. The lowest BCUT2D eigenvalue weighted by atomic mass is 10.2. The number of carboxylic acids is 1. The third-order valence-electron chi connectivity index (χ3n) is 3.26. The number of rotatable bonds is 5.